The van der Waals surface area contributed by atoms with Gasteiger partial charge >= 0.3 is 0 Å². The first-order valence-corrected chi connectivity index (χ1v) is 26.8. The van der Waals surface area contributed by atoms with E-state index in [1.54, 1.807) is 0 Å². The molecule has 2 heteroatoms. The molecule has 14 rings (SSSR count). The average molecular weight is 968 g/mol. The highest BCUT2D eigenvalue weighted by Crippen LogP contribution is 2.64. The van der Waals surface area contributed by atoms with Gasteiger partial charge in [-0.05, 0) is 161 Å². The molecule has 0 amide bonds. The Bertz CT molecular complexity index is 3870. The van der Waals surface area contributed by atoms with Crippen molar-refractivity contribution in [1.82, 2.24) is 0 Å². The quantitative estimate of drug-likeness (QED) is 0.170. The van der Waals surface area contributed by atoms with Gasteiger partial charge in [0.2, 0.25) is 0 Å². The molecule has 0 saturated heterocycles. The number of hydrogen-bond donors (Lipinski definition) is 0. The van der Waals surface area contributed by atoms with Gasteiger partial charge < -0.3 is 9.64 Å². The second-order valence-corrected chi connectivity index (χ2v) is 24.0. The molecule has 1 aliphatic heterocycles. The number of ether oxygens (including phenoxy) is 1. The van der Waals surface area contributed by atoms with Gasteiger partial charge in [-0.1, -0.05) is 219 Å². The molecular weight excluding hydrogens is 907 g/mol. The van der Waals surface area contributed by atoms with Crippen LogP contribution in [0.15, 0.2) is 224 Å². The number of nitrogens with zero attached hydrogens (tertiary/aromatic N) is 1. The van der Waals surface area contributed by atoms with Crippen LogP contribution in [0.25, 0.3) is 33.4 Å². The van der Waals surface area contributed by atoms with Gasteiger partial charge in [-0.15, -0.1) is 0 Å². The summed E-state index contributed by atoms with van der Waals surface area (Å²) >= 11 is 0. The number of benzene rings is 10. The molecule has 0 fully saturated rings. The standard InChI is InChI=1S/C73H61NO/c1-69(2,3)48-31-39-67-65(41-48)73(66-42-49(70(4,5)6)32-40-68(66)75-67)61-30-20-17-27-55(61)58-38-35-52(45-64(58)73)74(50-33-36-56-53-25-15-18-28-59(53)71(7,8)62(56)43-50)51-34-37-57-54-26-16-19-29-60(54)72(63(57)44-51,46-21-11-9-12-22-46)47-23-13-10-14-24-47/h9-45H,1-8H3. The molecule has 0 unspecified atom stereocenters. The number of fused-ring (bicyclic) bond motifs is 15. The third-order valence-electron chi connectivity index (χ3n) is 17.5. The van der Waals surface area contributed by atoms with Crippen molar-refractivity contribution < 1.29 is 4.74 Å². The molecule has 0 atom stereocenters. The zero-order valence-corrected chi connectivity index (χ0v) is 44.2. The second-order valence-electron chi connectivity index (χ2n) is 24.0. The fraction of sp³-hybridized carbons (Fsp3) is 0.178. The summed E-state index contributed by atoms with van der Waals surface area (Å²) in [4.78, 5) is 2.55. The van der Waals surface area contributed by atoms with Gasteiger partial charge in [0.15, 0.2) is 0 Å². The van der Waals surface area contributed by atoms with Crippen molar-refractivity contribution in [2.24, 2.45) is 0 Å². The number of anilines is 3. The first-order valence-electron chi connectivity index (χ1n) is 26.8. The summed E-state index contributed by atoms with van der Waals surface area (Å²) in [6, 6.07) is 85.3. The zero-order valence-electron chi connectivity index (χ0n) is 44.2. The lowest BCUT2D eigenvalue weighted by Crippen LogP contribution is -2.33. The van der Waals surface area contributed by atoms with Gasteiger partial charge in [0, 0.05) is 33.6 Å². The maximum absolute atomic E-state index is 7.09. The zero-order chi connectivity index (χ0) is 51.2. The number of hydrogen-bond acceptors (Lipinski definition) is 2. The van der Waals surface area contributed by atoms with E-state index in [2.05, 4.69) is 285 Å². The summed E-state index contributed by atoms with van der Waals surface area (Å²) in [7, 11) is 0. The Labute approximate surface area is 443 Å². The van der Waals surface area contributed by atoms with Crippen LogP contribution < -0.4 is 9.64 Å². The van der Waals surface area contributed by atoms with E-state index in [-0.39, 0.29) is 16.2 Å². The Morgan fingerprint density at radius 2 is 0.667 bits per heavy atom. The van der Waals surface area contributed by atoms with Crippen molar-refractivity contribution in [1.29, 1.82) is 0 Å². The van der Waals surface area contributed by atoms with E-state index < -0.39 is 10.8 Å². The maximum Gasteiger partial charge on any atom is 0.132 e. The molecule has 1 heterocycles. The maximum atomic E-state index is 7.09. The molecule has 4 aliphatic rings. The summed E-state index contributed by atoms with van der Waals surface area (Å²) in [6.07, 6.45) is 0. The highest BCUT2D eigenvalue weighted by molar-refractivity contribution is 5.94. The Morgan fingerprint density at radius 1 is 0.307 bits per heavy atom. The van der Waals surface area contributed by atoms with E-state index in [1.165, 1.54) is 100 Å². The van der Waals surface area contributed by atoms with Gasteiger partial charge in [0.25, 0.3) is 0 Å². The van der Waals surface area contributed by atoms with Crippen LogP contribution in [-0.2, 0) is 27.1 Å². The van der Waals surface area contributed by atoms with E-state index in [4.69, 9.17) is 4.74 Å². The van der Waals surface area contributed by atoms with Crippen molar-refractivity contribution >= 4 is 17.1 Å². The van der Waals surface area contributed by atoms with Crippen LogP contribution in [0, 0.1) is 0 Å². The van der Waals surface area contributed by atoms with E-state index in [0.717, 1.165) is 28.6 Å². The number of rotatable bonds is 5. The Balaban J connectivity index is 1.07. The summed E-state index contributed by atoms with van der Waals surface area (Å²) in [5.41, 5.74) is 24.6. The van der Waals surface area contributed by atoms with Gasteiger partial charge in [-0.3, -0.25) is 0 Å². The Hall–Kier alpha value is -8.20. The summed E-state index contributed by atoms with van der Waals surface area (Å²) in [5, 5.41) is 0. The fourth-order valence-corrected chi connectivity index (χ4v) is 13.9. The average Bonchev–Trinajstić information content (AvgIpc) is 4.01. The van der Waals surface area contributed by atoms with Gasteiger partial charge in [-0.25, -0.2) is 0 Å². The fourth-order valence-electron chi connectivity index (χ4n) is 13.9. The summed E-state index contributed by atoms with van der Waals surface area (Å²) < 4.78 is 7.09. The van der Waals surface area contributed by atoms with Crippen LogP contribution in [0.3, 0.4) is 0 Å². The van der Waals surface area contributed by atoms with Gasteiger partial charge in [0.1, 0.15) is 11.5 Å². The Morgan fingerprint density at radius 3 is 1.13 bits per heavy atom. The third-order valence-corrected chi connectivity index (χ3v) is 17.5. The molecule has 0 N–H and O–H groups in total. The van der Waals surface area contributed by atoms with E-state index in [9.17, 15) is 0 Å². The van der Waals surface area contributed by atoms with E-state index in [0.29, 0.717) is 0 Å². The summed E-state index contributed by atoms with van der Waals surface area (Å²) in [6.45, 7) is 18.7. The second kappa shape index (κ2) is 15.9. The normalized spacial score (nSPS) is 15.4. The van der Waals surface area contributed by atoms with Gasteiger partial charge in [0.05, 0.1) is 10.8 Å². The molecule has 10 aromatic carbocycles. The largest absolute Gasteiger partial charge is 0.457 e. The van der Waals surface area contributed by atoms with Crippen LogP contribution in [0.1, 0.15) is 122 Å². The minimum Gasteiger partial charge on any atom is -0.457 e. The highest BCUT2D eigenvalue weighted by atomic mass is 16.5. The third kappa shape index (κ3) is 6.32. The molecule has 0 bridgehead atoms. The molecule has 2 nitrogen and oxygen atoms in total. The molecule has 0 saturated carbocycles. The predicted octanol–water partition coefficient (Wildman–Crippen LogP) is 18.9. The minimum absolute atomic E-state index is 0.0910. The van der Waals surface area contributed by atoms with Crippen LogP contribution in [0.2, 0.25) is 0 Å². The van der Waals surface area contributed by atoms with Crippen LogP contribution in [-0.4, -0.2) is 0 Å². The van der Waals surface area contributed by atoms with Crippen molar-refractivity contribution in [3.05, 3.63) is 291 Å². The SMILES string of the molecule is CC(C)(C)c1ccc2c(c1)C1(c3cc(C(C)(C)C)ccc3O2)c2ccccc2-c2ccc(N(c3ccc4c(c3)C(C)(C)c3ccccc3-4)c3ccc4c(c3)C(c3ccccc3)(c3ccccc3)c3ccccc3-4)cc21. The first-order chi connectivity index (χ1) is 36.2. The molecule has 0 radical (unpaired) electrons. The monoisotopic (exact) mass is 967 g/mol. The molecule has 10 aromatic rings. The van der Waals surface area contributed by atoms with E-state index >= 15 is 0 Å². The smallest absolute Gasteiger partial charge is 0.132 e. The van der Waals surface area contributed by atoms with Crippen LogP contribution >= 0.6 is 0 Å². The van der Waals surface area contributed by atoms with E-state index in [1.807, 2.05) is 0 Å². The van der Waals surface area contributed by atoms with Gasteiger partial charge in [-0.2, -0.15) is 0 Å². The Kier molecular flexibility index (Phi) is 9.63. The molecule has 0 aromatic heterocycles. The lowest BCUT2D eigenvalue weighted by Gasteiger charge is -2.41. The topological polar surface area (TPSA) is 12.5 Å². The molecule has 75 heavy (non-hydrogen) atoms. The summed E-state index contributed by atoms with van der Waals surface area (Å²) in [5.74, 6) is 1.81. The molecule has 1 spiro atoms. The van der Waals surface area contributed by atoms with Crippen LogP contribution in [0.4, 0.5) is 17.1 Å². The minimum atomic E-state index is -0.685. The van der Waals surface area contributed by atoms with Crippen molar-refractivity contribution in [3.63, 3.8) is 0 Å². The van der Waals surface area contributed by atoms with Crippen molar-refractivity contribution in [3.8, 4) is 44.9 Å². The predicted molar refractivity (Wildman–Crippen MR) is 311 cm³/mol. The molecule has 3 aliphatic carbocycles. The van der Waals surface area contributed by atoms with Crippen molar-refractivity contribution in [2.45, 2.75) is 82.5 Å². The lowest BCUT2D eigenvalue weighted by atomic mass is 9.64. The molecular formula is C73H61NO. The first kappa shape index (κ1) is 45.4. The molecule has 364 valence electrons. The van der Waals surface area contributed by atoms with Crippen LogP contribution in [0.5, 0.6) is 11.5 Å². The highest BCUT2D eigenvalue weighted by Gasteiger charge is 2.53. The lowest BCUT2D eigenvalue weighted by molar-refractivity contribution is 0.433. The van der Waals surface area contributed by atoms with Crippen molar-refractivity contribution in [2.75, 3.05) is 4.90 Å².